The second-order valence-corrected chi connectivity index (χ2v) is 10.1. The van der Waals surface area contributed by atoms with E-state index >= 15 is 0 Å². The van der Waals surface area contributed by atoms with Gasteiger partial charge in [0.2, 0.25) is 5.91 Å². The number of rotatable bonds is 11. The Labute approximate surface area is 213 Å². The third-order valence-electron chi connectivity index (χ3n) is 5.22. The van der Waals surface area contributed by atoms with E-state index in [4.69, 9.17) is 9.47 Å². The number of esters is 1. The van der Waals surface area contributed by atoms with Gasteiger partial charge in [-0.15, -0.1) is 28.1 Å². The summed E-state index contributed by atoms with van der Waals surface area (Å²) in [5.41, 5.74) is 2.59. The molecule has 0 aliphatic rings. The van der Waals surface area contributed by atoms with E-state index in [0.717, 1.165) is 21.8 Å². The second-order valence-electron chi connectivity index (χ2n) is 7.86. The lowest BCUT2D eigenvalue weighted by molar-refractivity contribution is -0.113. The summed E-state index contributed by atoms with van der Waals surface area (Å²) in [5, 5.41) is 12.5. The van der Waals surface area contributed by atoms with E-state index in [1.165, 1.54) is 23.1 Å². The van der Waals surface area contributed by atoms with E-state index < -0.39 is 5.97 Å². The number of anilines is 1. The molecule has 2 aromatic heterocycles. The SMILES string of the molecule is C=CCn1c(SCC(=O)Nc2sc(C)cc2C(=O)OCC)nnc1C(C)Oc1cccc(C)c1C. The number of hydrogen-bond donors (Lipinski definition) is 1. The molecule has 1 aromatic carbocycles. The zero-order valence-electron chi connectivity index (χ0n) is 20.6. The van der Waals surface area contributed by atoms with Crippen molar-refractivity contribution in [3.05, 3.63) is 64.3 Å². The molecule has 8 nitrogen and oxygen atoms in total. The van der Waals surface area contributed by atoms with Gasteiger partial charge in [0.25, 0.3) is 0 Å². The maximum Gasteiger partial charge on any atom is 0.341 e. The van der Waals surface area contributed by atoms with Gasteiger partial charge in [-0.3, -0.25) is 9.36 Å². The normalized spacial score (nSPS) is 11.7. The predicted octanol–water partition coefficient (Wildman–Crippen LogP) is 5.50. The molecule has 10 heteroatoms. The van der Waals surface area contributed by atoms with Crippen molar-refractivity contribution < 1.29 is 19.1 Å². The number of thiophene rings is 1. The van der Waals surface area contributed by atoms with Crippen molar-refractivity contribution in [3.8, 4) is 5.75 Å². The predicted molar refractivity (Wildman–Crippen MR) is 140 cm³/mol. The fourth-order valence-electron chi connectivity index (χ4n) is 3.36. The first-order valence-electron chi connectivity index (χ1n) is 11.2. The Bertz CT molecular complexity index is 1220. The van der Waals surface area contributed by atoms with Crippen molar-refractivity contribution in [1.29, 1.82) is 0 Å². The molecule has 1 amide bonds. The molecule has 186 valence electrons. The van der Waals surface area contributed by atoms with Crippen molar-refractivity contribution in [2.75, 3.05) is 17.7 Å². The Balaban J connectivity index is 1.70. The van der Waals surface area contributed by atoms with Gasteiger partial charge in [0.15, 0.2) is 17.1 Å². The summed E-state index contributed by atoms with van der Waals surface area (Å²) < 4.78 is 13.2. The molecule has 0 radical (unpaired) electrons. The van der Waals surface area contributed by atoms with Gasteiger partial charge in [0.05, 0.1) is 17.9 Å². The third kappa shape index (κ3) is 6.52. The molecular weight excluding hydrogens is 484 g/mol. The smallest absolute Gasteiger partial charge is 0.341 e. The van der Waals surface area contributed by atoms with Crippen molar-refractivity contribution >= 4 is 40.0 Å². The zero-order chi connectivity index (χ0) is 25.5. The van der Waals surface area contributed by atoms with Gasteiger partial charge in [0, 0.05) is 11.4 Å². The topological polar surface area (TPSA) is 95.3 Å². The number of aromatic nitrogens is 3. The summed E-state index contributed by atoms with van der Waals surface area (Å²) in [6.45, 7) is 14.2. The van der Waals surface area contributed by atoms with Crippen molar-refractivity contribution in [3.63, 3.8) is 0 Å². The van der Waals surface area contributed by atoms with Gasteiger partial charge in [-0.1, -0.05) is 30.0 Å². The maximum absolute atomic E-state index is 12.7. The first-order valence-corrected chi connectivity index (χ1v) is 13.0. The highest BCUT2D eigenvalue weighted by Gasteiger charge is 2.22. The number of nitrogens with zero attached hydrogens (tertiary/aromatic N) is 3. The number of nitrogens with one attached hydrogen (secondary N) is 1. The molecule has 2 heterocycles. The Morgan fingerprint density at radius 3 is 2.77 bits per heavy atom. The van der Waals surface area contributed by atoms with E-state index in [9.17, 15) is 9.59 Å². The van der Waals surface area contributed by atoms with E-state index in [-0.39, 0.29) is 24.4 Å². The van der Waals surface area contributed by atoms with E-state index in [1.54, 1.807) is 19.1 Å². The lowest BCUT2D eigenvalue weighted by atomic mass is 10.1. The summed E-state index contributed by atoms with van der Waals surface area (Å²) >= 11 is 2.59. The summed E-state index contributed by atoms with van der Waals surface area (Å²) in [5.74, 6) is 0.834. The molecule has 1 N–H and O–H groups in total. The Hall–Kier alpha value is -3.11. The van der Waals surface area contributed by atoms with Crippen LogP contribution in [0.4, 0.5) is 5.00 Å². The lowest BCUT2D eigenvalue weighted by Crippen LogP contribution is -2.17. The zero-order valence-corrected chi connectivity index (χ0v) is 22.2. The largest absolute Gasteiger partial charge is 0.482 e. The number of amides is 1. The summed E-state index contributed by atoms with van der Waals surface area (Å²) in [4.78, 5) is 25.8. The molecule has 0 saturated carbocycles. The van der Waals surface area contributed by atoms with Crippen LogP contribution >= 0.6 is 23.1 Å². The van der Waals surface area contributed by atoms with Gasteiger partial charge in [0.1, 0.15) is 10.8 Å². The molecule has 0 aliphatic carbocycles. The highest BCUT2D eigenvalue weighted by atomic mass is 32.2. The summed E-state index contributed by atoms with van der Waals surface area (Å²) in [6.07, 6.45) is 1.40. The number of carbonyl (C=O) groups excluding carboxylic acids is 2. The molecule has 0 spiro atoms. The number of benzene rings is 1. The van der Waals surface area contributed by atoms with Crippen molar-refractivity contribution in [1.82, 2.24) is 14.8 Å². The Kier molecular flexibility index (Phi) is 9.11. The quantitative estimate of drug-likeness (QED) is 0.205. The van der Waals surface area contributed by atoms with Crippen molar-refractivity contribution in [2.24, 2.45) is 0 Å². The number of hydrogen-bond acceptors (Lipinski definition) is 8. The van der Waals surface area contributed by atoms with Crippen LogP contribution < -0.4 is 10.1 Å². The fraction of sp³-hybridized carbons (Fsp3) is 0.360. The highest BCUT2D eigenvalue weighted by Crippen LogP contribution is 2.30. The van der Waals surface area contributed by atoms with Gasteiger partial charge >= 0.3 is 5.97 Å². The number of allylic oxidation sites excluding steroid dienone is 1. The molecule has 1 unspecified atom stereocenters. The minimum absolute atomic E-state index is 0.0979. The van der Waals surface area contributed by atoms with Crippen LogP contribution in [0, 0.1) is 20.8 Å². The van der Waals surface area contributed by atoms with Crippen LogP contribution in [0.1, 0.15) is 52.1 Å². The number of ether oxygens (including phenoxy) is 2. The average molecular weight is 515 g/mol. The van der Waals surface area contributed by atoms with Crippen LogP contribution in [-0.4, -0.2) is 39.0 Å². The molecule has 0 fully saturated rings. The van der Waals surface area contributed by atoms with E-state index in [0.29, 0.717) is 28.1 Å². The minimum atomic E-state index is -0.451. The standard InChI is InChI=1S/C25H30N4O4S2/c1-7-12-29-22(18(6)33-20-11-9-10-15(3)17(20)5)27-28-25(29)34-14-21(30)26-23-19(13-16(4)35-23)24(31)32-8-2/h7,9-11,13,18H,1,8,12,14H2,2-6H3,(H,26,30). The van der Waals surface area contributed by atoms with Gasteiger partial charge in [-0.2, -0.15) is 0 Å². The summed E-state index contributed by atoms with van der Waals surface area (Å²) in [6, 6.07) is 7.65. The molecule has 3 aromatic rings. The van der Waals surface area contributed by atoms with Crippen LogP contribution in [0.15, 0.2) is 42.1 Å². The van der Waals surface area contributed by atoms with Gasteiger partial charge < -0.3 is 14.8 Å². The lowest BCUT2D eigenvalue weighted by Gasteiger charge is -2.18. The second kappa shape index (κ2) is 12.0. The molecule has 3 rings (SSSR count). The van der Waals surface area contributed by atoms with E-state index in [2.05, 4.69) is 22.1 Å². The van der Waals surface area contributed by atoms with Crippen LogP contribution in [0.3, 0.4) is 0 Å². The van der Waals surface area contributed by atoms with Crippen LogP contribution in [-0.2, 0) is 16.1 Å². The molecular formula is C25H30N4O4S2. The average Bonchev–Trinajstić information content (AvgIpc) is 3.39. The number of aryl methyl sites for hydroxylation is 2. The molecule has 1 atom stereocenters. The summed E-state index contributed by atoms with van der Waals surface area (Å²) in [7, 11) is 0. The van der Waals surface area contributed by atoms with Crippen LogP contribution in [0.5, 0.6) is 5.75 Å². The maximum atomic E-state index is 12.7. The molecule has 0 saturated heterocycles. The number of carbonyl (C=O) groups is 2. The molecule has 0 bridgehead atoms. The van der Waals surface area contributed by atoms with Crippen molar-refractivity contribution in [2.45, 2.75) is 52.4 Å². The van der Waals surface area contributed by atoms with E-state index in [1.807, 2.05) is 50.5 Å². The third-order valence-corrected chi connectivity index (χ3v) is 7.15. The Morgan fingerprint density at radius 1 is 1.29 bits per heavy atom. The van der Waals surface area contributed by atoms with Gasteiger partial charge in [-0.05, 0) is 57.9 Å². The Morgan fingerprint density at radius 2 is 2.06 bits per heavy atom. The highest BCUT2D eigenvalue weighted by molar-refractivity contribution is 7.99. The first kappa shape index (κ1) is 26.5. The molecule has 35 heavy (non-hydrogen) atoms. The molecule has 0 aliphatic heterocycles. The fourth-order valence-corrected chi connectivity index (χ4v) is 5.03. The monoisotopic (exact) mass is 514 g/mol. The van der Waals surface area contributed by atoms with Crippen LogP contribution in [0.2, 0.25) is 0 Å². The van der Waals surface area contributed by atoms with Gasteiger partial charge in [-0.25, -0.2) is 4.79 Å². The minimum Gasteiger partial charge on any atom is -0.482 e. The number of thioether (sulfide) groups is 1. The van der Waals surface area contributed by atoms with Crippen LogP contribution in [0.25, 0.3) is 0 Å². The first-order chi connectivity index (χ1) is 16.7.